The second-order valence-corrected chi connectivity index (χ2v) is 4.11. The minimum absolute atomic E-state index is 0.345. The topological polar surface area (TPSA) is 66.1 Å². The van der Waals surface area contributed by atoms with Crippen molar-refractivity contribution in [2.24, 2.45) is 14.1 Å². The summed E-state index contributed by atoms with van der Waals surface area (Å²) in [5, 5.41) is 0.349. The molecule has 2 rings (SSSR count). The lowest BCUT2D eigenvalue weighted by atomic mass is 10.2. The van der Waals surface area contributed by atoms with E-state index < -0.39 is 5.69 Å². The number of fused-ring (bicyclic) bond motifs is 1. The molecule has 0 unspecified atom stereocenters. The summed E-state index contributed by atoms with van der Waals surface area (Å²) >= 11 is 0. The van der Waals surface area contributed by atoms with Gasteiger partial charge in [0.15, 0.2) is 5.65 Å². The number of ether oxygens (including phenoxy) is 1. The van der Waals surface area contributed by atoms with Crippen LogP contribution in [-0.2, 0) is 14.1 Å². The van der Waals surface area contributed by atoms with Crippen molar-refractivity contribution in [3.05, 3.63) is 32.6 Å². The van der Waals surface area contributed by atoms with E-state index in [0.717, 1.165) is 10.1 Å². The summed E-state index contributed by atoms with van der Waals surface area (Å²) in [6.07, 6.45) is 1.60. The van der Waals surface area contributed by atoms with E-state index in [4.69, 9.17) is 4.74 Å². The smallest absolute Gasteiger partial charge is 0.332 e. The molecule has 0 aliphatic carbocycles. The Bertz CT molecular complexity index is 728. The first kappa shape index (κ1) is 12.3. The number of aryl methyl sites for hydroxylation is 2. The van der Waals surface area contributed by atoms with Crippen molar-refractivity contribution in [2.45, 2.75) is 13.8 Å². The molecular formula is C12H15N3O3. The Hall–Kier alpha value is -2.11. The first-order valence-electron chi connectivity index (χ1n) is 5.67. The number of nitrogens with zero attached hydrogens (tertiary/aromatic N) is 3. The lowest BCUT2D eigenvalue weighted by Gasteiger charge is -2.12. The quantitative estimate of drug-likeness (QED) is 0.769. The van der Waals surface area contributed by atoms with Crippen LogP contribution in [0.25, 0.3) is 11.0 Å². The molecule has 6 nitrogen and oxygen atoms in total. The molecule has 0 atom stereocenters. The predicted molar refractivity (Wildman–Crippen MR) is 68.1 cm³/mol. The largest absolute Gasteiger partial charge is 0.493 e. The van der Waals surface area contributed by atoms with Crippen LogP contribution in [-0.4, -0.2) is 20.7 Å². The van der Waals surface area contributed by atoms with Gasteiger partial charge in [0.05, 0.1) is 6.61 Å². The highest BCUT2D eigenvalue weighted by Crippen LogP contribution is 2.23. The Kier molecular flexibility index (Phi) is 2.94. The van der Waals surface area contributed by atoms with Gasteiger partial charge in [-0.3, -0.25) is 13.9 Å². The fourth-order valence-corrected chi connectivity index (χ4v) is 1.93. The van der Waals surface area contributed by atoms with E-state index in [-0.39, 0.29) is 5.56 Å². The van der Waals surface area contributed by atoms with E-state index in [2.05, 4.69) is 4.98 Å². The van der Waals surface area contributed by atoms with Crippen molar-refractivity contribution in [1.82, 2.24) is 14.1 Å². The van der Waals surface area contributed by atoms with Crippen molar-refractivity contribution in [3.63, 3.8) is 0 Å². The first-order chi connectivity index (χ1) is 8.49. The van der Waals surface area contributed by atoms with E-state index in [1.54, 1.807) is 13.2 Å². The summed E-state index contributed by atoms with van der Waals surface area (Å²) in [4.78, 5) is 28.1. The van der Waals surface area contributed by atoms with E-state index in [1.807, 2.05) is 13.8 Å². The molecule has 0 aromatic carbocycles. The highest BCUT2D eigenvalue weighted by atomic mass is 16.5. The average molecular weight is 249 g/mol. The summed E-state index contributed by atoms with van der Waals surface area (Å²) in [6.45, 7) is 4.12. The van der Waals surface area contributed by atoms with E-state index in [1.165, 1.54) is 11.6 Å². The standard InChI is InChI=1S/C12H15N3O3/c1-5-18-9-7(2)6-13-10-8(9)11(16)15(4)12(17)14(10)3/h6H,5H2,1-4H3. The van der Waals surface area contributed by atoms with Gasteiger partial charge in [-0.25, -0.2) is 9.78 Å². The third kappa shape index (κ3) is 1.61. The molecule has 0 amide bonds. The Labute approximate surface area is 103 Å². The Morgan fingerprint density at radius 3 is 2.56 bits per heavy atom. The van der Waals surface area contributed by atoms with E-state index in [9.17, 15) is 9.59 Å². The molecule has 2 heterocycles. The average Bonchev–Trinajstić information content (AvgIpc) is 2.36. The van der Waals surface area contributed by atoms with Crippen molar-refractivity contribution in [1.29, 1.82) is 0 Å². The number of hydrogen-bond acceptors (Lipinski definition) is 4. The molecule has 0 fully saturated rings. The lowest BCUT2D eigenvalue weighted by molar-refractivity contribution is 0.341. The monoisotopic (exact) mass is 249 g/mol. The fourth-order valence-electron chi connectivity index (χ4n) is 1.93. The molecule has 18 heavy (non-hydrogen) atoms. The number of aromatic nitrogens is 3. The maximum absolute atomic E-state index is 12.2. The maximum atomic E-state index is 12.2. The van der Waals surface area contributed by atoms with Crippen LogP contribution in [0.5, 0.6) is 5.75 Å². The van der Waals surface area contributed by atoms with Crippen LogP contribution in [0.15, 0.2) is 15.8 Å². The summed E-state index contributed by atoms with van der Waals surface area (Å²) < 4.78 is 7.92. The molecule has 96 valence electrons. The predicted octanol–water partition coefficient (Wildman–Crippen LogP) is 0.339. The van der Waals surface area contributed by atoms with E-state index in [0.29, 0.717) is 23.4 Å². The van der Waals surface area contributed by atoms with Gasteiger partial charge >= 0.3 is 5.69 Å². The second kappa shape index (κ2) is 4.29. The SMILES string of the molecule is CCOc1c(C)cnc2c1c(=O)n(C)c(=O)n2C. The molecule has 0 aliphatic rings. The number of pyridine rings is 1. The van der Waals surface area contributed by atoms with Gasteiger partial charge in [0.25, 0.3) is 5.56 Å². The first-order valence-corrected chi connectivity index (χ1v) is 5.67. The highest BCUT2D eigenvalue weighted by molar-refractivity contribution is 5.82. The zero-order chi connectivity index (χ0) is 13.4. The zero-order valence-electron chi connectivity index (χ0n) is 10.9. The Morgan fingerprint density at radius 2 is 1.94 bits per heavy atom. The molecule has 6 heteroatoms. The molecular weight excluding hydrogens is 234 g/mol. The van der Waals surface area contributed by atoms with Gasteiger partial charge in [-0.2, -0.15) is 0 Å². The molecule has 0 N–H and O–H groups in total. The van der Waals surface area contributed by atoms with Gasteiger partial charge in [0.2, 0.25) is 0 Å². The van der Waals surface area contributed by atoms with Crippen LogP contribution in [0.1, 0.15) is 12.5 Å². The summed E-state index contributed by atoms with van der Waals surface area (Å²) in [6, 6.07) is 0. The van der Waals surface area contributed by atoms with E-state index >= 15 is 0 Å². The number of hydrogen-bond donors (Lipinski definition) is 0. The Morgan fingerprint density at radius 1 is 1.28 bits per heavy atom. The van der Waals surface area contributed by atoms with Gasteiger partial charge in [0, 0.05) is 25.9 Å². The van der Waals surface area contributed by atoms with Crippen molar-refractivity contribution >= 4 is 11.0 Å². The van der Waals surface area contributed by atoms with Crippen LogP contribution in [0, 0.1) is 6.92 Å². The normalized spacial score (nSPS) is 10.9. The van der Waals surface area contributed by atoms with Crippen LogP contribution in [0.2, 0.25) is 0 Å². The van der Waals surface area contributed by atoms with Gasteiger partial charge in [0.1, 0.15) is 11.1 Å². The fraction of sp³-hybridized carbons (Fsp3) is 0.417. The van der Waals surface area contributed by atoms with Crippen molar-refractivity contribution in [2.75, 3.05) is 6.61 Å². The second-order valence-electron chi connectivity index (χ2n) is 4.11. The minimum atomic E-state index is -0.397. The van der Waals surface area contributed by atoms with Crippen LogP contribution < -0.4 is 16.0 Å². The number of rotatable bonds is 2. The van der Waals surface area contributed by atoms with Crippen molar-refractivity contribution in [3.8, 4) is 5.75 Å². The van der Waals surface area contributed by atoms with Gasteiger partial charge in [-0.15, -0.1) is 0 Å². The van der Waals surface area contributed by atoms with Gasteiger partial charge in [-0.1, -0.05) is 0 Å². The van der Waals surface area contributed by atoms with Crippen LogP contribution in [0.4, 0.5) is 0 Å². The van der Waals surface area contributed by atoms with Gasteiger partial charge < -0.3 is 4.74 Å². The molecule has 0 aliphatic heterocycles. The third-order valence-corrected chi connectivity index (χ3v) is 2.89. The molecule has 2 aromatic heterocycles. The van der Waals surface area contributed by atoms with Crippen molar-refractivity contribution < 1.29 is 4.74 Å². The highest BCUT2D eigenvalue weighted by Gasteiger charge is 2.16. The molecule has 0 spiro atoms. The molecule has 0 saturated carbocycles. The summed E-state index contributed by atoms with van der Waals surface area (Å²) in [5.74, 6) is 0.499. The lowest BCUT2D eigenvalue weighted by Crippen LogP contribution is -2.37. The summed E-state index contributed by atoms with van der Waals surface area (Å²) in [5.41, 5.74) is 0.344. The van der Waals surface area contributed by atoms with Gasteiger partial charge in [-0.05, 0) is 13.8 Å². The Balaban J connectivity index is 3.07. The van der Waals surface area contributed by atoms with Crippen LogP contribution >= 0.6 is 0 Å². The molecule has 0 radical (unpaired) electrons. The third-order valence-electron chi connectivity index (χ3n) is 2.89. The molecule has 2 aromatic rings. The molecule has 0 saturated heterocycles. The summed E-state index contributed by atoms with van der Waals surface area (Å²) in [7, 11) is 3.03. The molecule has 0 bridgehead atoms. The maximum Gasteiger partial charge on any atom is 0.332 e. The minimum Gasteiger partial charge on any atom is -0.493 e. The zero-order valence-corrected chi connectivity index (χ0v) is 10.9. The van der Waals surface area contributed by atoms with Crippen LogP contribution in [0.3, 0.4) is 0 Å².